The zero-order valence-electron chi connectivity index (χ0n) is 25.0. The van der Waals surface area contributed by atoms with Crippen LogP contribution in [-0.2, 0) is 19.2 Å². The lowest BCUT2D eigenvalue weighted by atomic mass is 9.83. The first-order valence-corrected chi connectivity index (χ1v) is 15.3. The van der Waals surface area contributed by atoms with E-state index in [0.29, 0.717) is 11.4 Å². The molecule has 224 valence electrons. The summed E-state index contributed by atoms with van der Waals surface area (Å²) < 4.78 is 0. The highest BCUT2D eigenvalue weighted by molar-refractivity contribution is 6.29. The molecule has 0 fully saturated rings. The van der Waals surface area contributed by atoms with Gasteiger partial charge in [-0.25, -0.2) is 9.80 Å². The molecule has 2 aliphatic heterocycles. The fraction of sp³-hybridized carbons (Fsp3) is 0.0244. The molecule has 0 aromatic heterocycles. The van der Waals surface area contributed by atoms with Crippen molar-refractivity contribution in [2.45, 2.75) is 5.92 Å². The maximum Gasteiger partial charge on any atom is 0.258 e. The van der Waals surface area contributed by atoms with Crippen LogP contribution in [0.1, 0.15) is 22.6 Å². The summed E-state index contributed by atoms with van der Waals surface area (Å²) in [5.74, 6) is -1.48. The van der Waals surface area contributed by atoms with Gasteiger partial charge in [0.2, 0.25) is 0 Å². The van der Waals surface area contributed by atoms with Crippen LogP contribution in [-0.4, -0.2) is 23.6 Å². The van der Waals surface area contributed by atoms with Crippen LogP contribution in [0.2, 0.25) is 0 Å². The van der Waals surface area contributed by atoms with Crippen molar-refractivity contribution in [1.82, 2.24) is 0 Å². The number of hydrogen-bond acceptors (Lipinski definition) is 4. The second kappa shape index (κ2) is 11.2. The summed E-state index contributed by atoms with van der Waals surface area (Å²) >= 11 is 0. The third kappa shape index (κ3) is 5.02. The highest BCUT2D eigenvalue weighted by atomic mass is 16.2. The number of rotatable bonds is 6. The molecule has 2 heterocycles. The zero-order chi connectivity index (χ0) is 32.1. The molecule has 0 N–H and O–H groups in total. The van der Waals surface area contributed by atoms with Gasteiger partial charge < -0.3 is 0 Å². The monoisotopic (exact) mass is 610 g/mol. The third-order valence-corrected chi connectivity index (χ3v) is 8.85. The third-order valence-electron chi connectivity index (χ3n) is 8.85. The summed E-state index contributed by atoms with van der Waals surface area (Å²) in [5.41, 5.74) is 6.65. The SMILES string of the molecule is O=C1C=CC(=O)N1c1ccc2cc(C(c3ccc(-c4ccccc4)cc3)c3ccc4cc(N5C(=O)C=CC5=O)ccc4c3)ccc2c1. The Labute approximate surface area is 270 Å². The molecule has 2 aliphatic rings. The summed E-state index contributed by atoms with van der Waals surface area (Å²) in [6.45, 7) is 0. The van der Waals surface area contributed by atoms with Gasteiger partial charge in [0.05, 0.1) is 11.4 Å². The topological polar surface area (TPSA) is 74.8 Å². The lowest BCUT2D eigenvalue weighted by Crippen LogP contribution is -2.29. The van der Waals surface area contributed by atoms with Crippen LogP contribution in [0.4, 0.5) is 11.4 Å². The summed E-state index contributed by atoms with van der Waals surface area (Å²) in [6, 6.07) is 42.7. The van der Waals surface area contributed by atoms with E-state index in [9.17, 15) is 19.2 Å². The van der Waals surface area contributed by atoms with Gasteiger partial charge in [-0.15, -0.1) is 0 Å². The Kier molecular flexibility index (Phi) is 6.69. The van der Waals surface area contributed by atoms with Crippen molar-refractivity contribution in [3.8, 4) is 11.1 Å². The molecule has 0 spiro atoms. The largest absolute Gasteiger partial charge is 0.269 e. The summed E-state index contributed by atoms with van der Waals surface area (Å²) in [5, 5.41) is 3.82. The predicted molar refractivity (Wildman–Crippen MR) is 184 cm³/mol. The van der Waals surface area contributed by atoms with Crippen LogP contribution in [0.25, 0.3) is 32.7 Å². The van der Waals surface area contributed by atoms with E-state index >= 15 is 0 Å². The van der Waals surface area contributed by atoms with E-state index in [-0.39, 0.29) is 29.5 Å². The van der Waals surface area contributed by atoms with E-state index in [2.05, 4.69) is 60.7 Å². The van der Waals surface area contributed by atoms with Crippen molar-refractivity contribution >= 4 is 56.5 Å². The Balaban J connectivity index is 1.21. The summed E-state index contributed by atoms with van der Waals surface area (Å²) in [7, 11) is 0. The molecule has 0 atom stereocenters. The van der Waals surface area contributed by atoms with Gasteiger partial charge in [-0.05, 0) is 73.6 Å². The van der Waals surface area contributed by atoms with Gasteiger partial charge >= 0.3 is 0 Å². The molecular formula is C41H26N2O4. The van der Waals surface area contributed by atoms with Crippen LogP contribution in [0.3, 0.4) is 0 Å². The lowest BCUT2D eigenvalue weighted by Gasteiger charge is -2.21. The Morgan fingerprint density at radius 2 is 0.745 bits per heavy atom. The minimum atomic E-state index is -0.344. The number of carbonyl (C=O) groups excluding carboxylic acids is 4. The smallest absolute Gasteiger partial charge is 0.258 e. The predicted octanol–water partition coefficient (Wildman–Crippen LogP) is 7.70. The standard InChI is InChI=1S/C41H26N2O4/c44-37-18-19-38(45)42(37)35-16-14-29-22-33(12-10-31(29)24-35)41(28-8-6-27(7-9-28)26-4-2-1-3-5-26)34-13-11-32-25-36(17-15-30(32)23-34)43-39(46)20-21-40(43)47/h1-25,41H. The van der Waals surface area contributed by atoms with Gasteiger partial charge in [-0.3, -0.25) is 19.2 Å². The van der Waals surface area contributed by atoms with Crippen LogP contribution < -0.4 is 9.80 Å². The molecule has 0 radical (unpaired) electrons. The molecule has 6 heteroatoms. The number of nitrogens with zero attached hydrogens (tertiary/aromatic N) is 2. The van der Waals surface area contributed by atoms with Gasteiger partial charge in [-0.1, -0.05) is 103 Å². The van der Waals surface area contributed by atoms with Crippen molar-refractivity contribution in [1.29, 1.82) is 0 Å². The highest BCUT2D eigenvalue weighted by Gasteiger charge is 2.27. The van der Waals surface area contributed by atoms with Gasteiger partial charge in [0.15, 0.2) is 0 Å². The Bertz CT molecular complexity index is 2180. The van der Waals surface area contributed by atoms with E-state index in [4.69, 9.17) is 0 Å². The van der Waals surface area contributed by atoms with Crippen molar-refractivity contribution in [2.24, 2.45) is 0 Å². The minimum Gasteiger partial charge on any atom is -0.269 e. The van der Waals surface area contributed by atoms with Crippen molar-refractivity contribution in [3.05, 3.63) is 168 Å². The molecule has 8 rings (SSSR count). The number of benzene rings is 6. The molecule has 0 saturated heterocycles. The molecule has 6 aromatic rings. The Morgan fingerprint density at radius 3 is 1.21 bits per heavy atom. The molecule has 0 unspecified atom stereocenters. The van der Waals surface area contributed by atoms with Crippen LogP contribution in [0.15, 0.2) is 152 Å². The van der Waals surface area contributed by atoms with Gasteiger partial charge in [0, 0.05) is 30.2 Å². The maximum atomic E-state index is 12.3. The average Bonchev–Trinajstić information content (AvgIpc) is 3.63. The molecule has 6 aromatic carbocycles. The number of fused-ring (bicyclic) bond motifs is 2. The number of imide groups is 2. The van der Waals surface area contributed by atoms with Gasteiger partial charge in [0.1, 0.15) is 0 Å². The number of hydrogen-bond donors (Lipinski definition) is 0. The fourth-order valence-electron chi connectivity index (χ4n) is 6.53. The number of amides is 4. The molecule has 4 amide bonds. The average molecular weight is 611 g/mol. The van der Waals surface area contributed by atoms with Crippen LogP contribution >= 0.6 is 0 Å². The summed E-state index contributed by atoms with van der Waals surface area (Å²) in [6.07, 6.45) is 5.15. The van der Waals surface area contributed by atoms with E-state index in [0.717, 1.165) is 49.4 Å². The number of anilines is 2. The zero-order valence-corrected chi connectivity index (χ0v) is 25.0. The molecule has 0 bridgehead atoms. The maximum absolute atomic E-state index is 12.3. The van der Waals surface area contributed by atoms with E-state index < -0.39 is 0 Å². The summed E-state index contributed by atoms with van der Waals surface area (Å²) in [4.78, 5) is 51.5. The van der Waals surface area contributed by atoms with E-state index in [1.807, 2.05) is 54.6 Å². The second-order valence-electron chi connectivity index (χ2n) is 11.7. The van der Waals surface area contributed by atoms with E-state index in [1.54, 1.807) is 12.1 Å². The van der Waals surface area contributed by atoms with Gasteiger partial charge in [0.25, 0.3) is 23.6 Å². The van der Waals surface area contributed by atoms with E-state index in [1.165, 1.54) is 34.1 Å². The first-order valence-electron chi connectivity index (χ1n) is 15.3. The van der Waals surface area contributed by atoms with Crippen molar-refractivity contribution in [2.75, 3.05) is 9.80 Å². The fourth-order valence-corrected chi connectivity index (χ4v) is 6.53. The number of carbonyl (C=O) groups is 4. The normalized spacial score (nSPS) is 14.5. The lowest BCUT2D eigenvalue weighted by molar-refractivity contribution is -0.121. The van der Waals surface area contributed by atoms with Gasteiger partial charge in [-0.2, -0.15) is 0 Å². The molecule has 6 nitrogen and oxygen atoms in total. The first-order chi connectivity index (χ1) is 22.9. The van der Waals surface area contributed by atoms with Crippen molar-refractivity contribution < 1.29 is 19.2 Å². The first kappa shape index (κ1) is 28.1. The van der Waals surface area contributed by atoms with Crippen molar-refractivity contribution in [3.63, 3.8) is 0 Å². The Morgan fingerprint density at radius 1 is 0.362 bits per heavy atom. The second-order valence-corrected chi connectivity index (χ2v) is 11.7. The highest BCUT2D eigenvalue weighted by Crippen LogP contribution is 2.37. The minimum absolute atomic E-state index is 0.107. The molecule has 0 saturated carbocycles. The van der Waals surface area contributed by atoms with Crippen LogP contribution in [0.5, 0.6) is 0 Å². The molecule has 0 aliphatic carbocycles. The molecular weight excluding hydrogens is 584 g/mol. The quantitative estimate of drug-likeness (QED) is 0.143. The Hall–Kier alpha value is -6.40. The van der Waals surface area contributed by atoms with Crippen LogP contribution in [0, 0.1) is 0 Å². The molecule has 47 heavy (non-hydrogen) atoms.